The largest absolute Gasteiger partial charge is 0.325 e. The lowest BCUT2D eigenvalue weighted by Gasteiger charge is -2.43. The number of nitrogens with one attached hydrogen (secondary N) is 2. The van der Waals surface area contributed by atoms with E-state index in [1.54, 1.807) is 12.1 Å². The highest BCUT2D eigenvalue weighted by Crippen LogP contribution is 2.35. The highest BCUT2D eigenvalue weighted by atomic mass is 32.2. The summed E-state index contributed by atoms with van der Waals surface area (Å²) >= 11 is 0. The number of likely N-dealkylation sites (tertiary alicyclic amines) is 1. The molecule has 8 heteroatoms. The van der Waals surface area contributed by atoms with E-state index in [2.05, 4.69) is 19.9 Å². The summed E-state index contributed by atoms with van der Waals surface area (Å²) in [5, 5.41) is 2.89. The number of benzene rings is 1. The topological polar surface area (TPSA) is 90.9 Å². The second kappa shape index (κ2) is 8.83. The summed E-state index contributed by atoms with van der Waals surface area (Å²) < 4.78 is 27.7. The molecule has 0 aromatic heterocycles. The number of carbonyl (C=O) groups excluding carboxylic acids is 1. The maximum absolute atomic E-state index is 12.7. The van der Waals surface area contributed by atoms with Crippen molar-refractivity contribution < 1.29 is 13.2 Å². The third-order valence-electron chi connectivity index (χ3n) is 6.26. The summed E-state index contributed by atoms with van der Waals surface area (Å²) in [6.07, 6.45) is 8.96. The number of anilines is 1. The number of nitrogens with zero attached hydrogens (tertiary/aromatic N) is 2. The van der Waals surface area contributed by atoms with Gasteiger partial charge in [-0.05, 0) is 62.8 Å². The zero-order valence-electron chi connectivity index (χ0n) is 16.8. The average Bonchev–Trinajstić information content (AvgIpc) is 3.21. The molecule has 3 aliphatic rings. The lowest BCUT2D eigenvalue weighted by molar-refractivity contribution is -0.118. The van der Waals surface area contributed by atoms with E-state index >= 15 is 0 Å². The average molecular weight is 419 g/mol. The molecule has 29 heavy (non-hydrogen) atoms. The molecule has 158 valence electrons. The molecule has 1 aliphatic carbocycles. The van der Waals surface area contributed by atoms with Crippen LogP contribution in [0.25, 0.3) is 0 Å². The first-order chi connectivity index (χ1) is 14.0. The molecule has 1 saturated heterocycles. The maximum Gasteiger partial charge on any atom is 0.262 e. The minimum atomic E-state index is -3.69. The highest BCUT2D eigenvalue weighted by molar-refractivity contribution is 7.90. The Hall–Kier alpha value is -1.93. The molecule has 0 radical (unpaired) electrons. The van der Waals surface area contributed by atoms with Gasteiger partial charge in [0.05, 0.1) is 11.4 Å². The van der Waals surface area contributed by atoms with Crippen LogP contribution in [-0.4, -0.2) is 50.7 Å². The Labute approximate surface area is 173 Å². The lowest BCUT2D eigenvalue weighted by Crippen LogP contribution is -2.49. The number of rotatable bonds is 5. The predicted molar refractivity (Wildman–Crippen MR) is 113 cm³/mol. The van der Waals surface area contributed by atoms with Gasteiger partial charge in [-0.3, -0.25) is 19.4 Å². The molecule has 4 rings (SSSR count). The molecule has 0 bridgehead atoms. The first-order valence-corrected chi connectivity index (χ1v) is 12.2. The van der Waals surface area contributed by atoms with Crippen LogP contribution in [0.2, 0.25) is 0 Å². The van der Waals surface area contributed by atoms with Gasteiger partial charge in [0.2, 0.25) is 5.91 Å². The Kier molecular flexibility index (Phi) is 6.20. The van der Waals surface area contributed by atoms with E-state index in [0.29, 0.717) is 37.1 Å². The van der Waals surface area contributed by atoms with E-state index in [1.165, 1.54) is 44.2 Å². The molecule has 2 heterocycles. The van der Waals surface area contributed by atoms with Crippen molar-refractivity contribution in [3.8, 4) is 0 Å². The van der Waals surface area contributed by atoms with Gasteiger partial charge in [0, 0.05) is 24.7 Å². The van der Waals surface area contributed by atoms with Crippen LogP contribution in [0.3, 0.4) is 0 Å². The molecule has 2 atom stereocenters. The number of piperidine rings is 1. The molecule has 0 unspecified atom stereocenters. The van der Waals surface area contributed by atoms with Crippen molar-refractivity contribution in [2.75, 3.05) is 25.0 Å². The molecule has 2 N–H and O–H groups in total. The predicted octanol–water partition coefficient (Wildman–Crippen LogP) is 2.75. The van der Waals surface area contributed by atoms with E-state index in [4.69, 9.17) is 0 Å². The van der Waals surface area contributed by atoms with Gasteiger partial charge in [-0.25, -0.2) is 8.42 Å². The summed E-state index contributed by atoms with van der Waals surface area (Å²) in [7, 11) is -3.69. The summed E-state index contributed by atoms with van der Waals surface area (Å²) in [5.41, 5.74) is 0.503. The summed E-state index contributed by atoms with van der Waals surface area (Å²) in [6.45, 7) is 1.99. The molecule has 1 saturated carbocycles. The Morgan fingerprint density at radius 1 is 1.14 bits per heavy atom. The van der Waals surface area contributed by atoms with Crippen molar-refractivity contribution in [2.24, 2.45) is 10.9 Å². The standard InChI is InChI=1S/C21H30N4O3S/c26-21(15-25-13-5-7-16-6-1-2-10-19(16)25)23-17-8-3-9-18(14-17)29(27,28)24-20-11-4-12-22-20/h3,8-9,14,16,19H,1-2,4-7,10-13,15H2,(H,22,24)(H,23,26)/t16-,19-/m0/s1. The summed E-state index contributed by atoms with van der Waals surface area (Å²) in [5.74, 6) is 1.15. The fraction of sp³-hybridized carbons (Fsp3) is 0.619. The number of carbonyl (C=O) groups is 1. The van der Waals surface area contributed by atoms with Crippen LogP contribution in [0.5, 0.6) is 0 Å². The Bertz CT molecular complexity index is 882. The van der Waals surface area contributed by atoms with Gasteiger partial charge in [-0.1, -0.05) is 18.9 Å². The Balaban J connectivity index is 1.39. The molecule has 2 aliphatic heterocycles. The summed E-state index contributed by atoms with van der Waals surface area (Å²) in [4.78, 5) is 19.3. The minimum absolute atomic E-state index is 0.0844. The number of hydrogen-bond donors (Lipinski definition) is 2. The van der Waals surface area contributed by atoms with Gasteiger partial charge in [-0.2, -0.15) is 0 Å². The molecule has 1 amide bonds. The van der Waals surface area contributed by atoms with Gasteiger partial charge in [0.15, 0.2) is 0 Å². The van der Waals surface area contributed by atoms with Crippen molar-refractivity contribution in [2.45, 2.75) is 62.3 Å². The minimum Gasteiger partial charge on any atom is -0.325 e. The van der Waals surface area contributed by atoms with Crippen LogP contribution in [0.4, 0.5) is 5.69 Å². The molecular weight excluding hydrogens is 388 g/mol. The monoisotopic (exact) mass is 418 g/mol. The number of amidine groups is 1. The van der Waals surface area contributed by atoms with Crippen molar-refractivity contribution in [3.05, 3.63) is 24.3 Å². The molecule has 0 spiro atoms. The van der Waals surface area contributed by atoms with Crippen molar-refractivity contribution >= 4 is 27.5 Å². The highest BCUT2D eigenvalue weighted by Gasteiger charge is 2.33. The van der Waals surface area contributed by atoms with E-state index in [0.717, 1.165) is 25.3 Å². The molecule has 1 aromatic carbocycles. The normalized spacial score (nSPS) is 25.2. The molecule has 7 nitrogen and oxygen atoms in total. The van der Waals surface area contributed by atoms with Crippen LogP contribution >= 0.6 is 0 Å². The van der Waals surface area contributed by atoms with Gasteiger partial charge in [-0.15, -0.1) is 0 Å². The SMILES string of the molecule is O=C(CN1CCC[C@@H]2CCCC[C@@H]21)Nc1cccc(S(=O)(=O)NC2=NCCC2)c1. The Morgan fingerprint density at radius 3 is 2.79 bits per heavy atom. The molecule has 1 aromatic rings. The van der Waals surface area contributed by atoms with Crippen LogP contribution < -0.4 is 10.0 Å². The summed E-state index contributed by atoms with van der Waals surface area (Å²) in [6, 6.07) is 6.94. The van der Waals surface area contributed by atoms with E-state index in [1.807, 2.05) is 0 Å². The quantitative estimate of drug-likeness (QED) is 0.769. The Morgan fingerprint density at radius 2 is 1.97 bits per heavy atom. The second-order valence-corrected chi connectivity index (χ2v) is 10.0. The van der Waals surface area contributed by atoms with Gasteiger partial charge < -0.3 is 5.32 Å². The van der Waals surface area contributed by atoms with Gasteiger partial charge in [0.25, 0.3) is 10.0 Å². The second-order valence-electron chi connectivity index (χ2n) is 8.34. The maximum atomic E-state index is 12.7. The zero-order valence-corrected chi connectivity index (χ0v) is 17.6. The van der Waals surface area contributed by atoms with Crippen LogP contribution in [0.15, 0.2) is 34.2 Å². The van der Waals surface area contributed by atoms with Crippen LogP contribution in [-0.2, 0) is 14.8 Å². The number of hydrogen-bond acceptors (Lipinski definition) is 5. The van der Waals surface area contributed by atoms with Gasteiger partial charge >= 0.3 is 0 Å². The number of fused-ring (bicyclic) bond motifs is 1. The molecular formula is C21H30N4O3S. The van der Waals surface area contributed by atoms with Gasteiger partial charge in [0.1, 0.15) is 5.84 Å². The number of sulfonamides is 1. The van der Waals surface area contributed by atoms with Crippen molar-refractivity contribution in [1.29, 1.82) is 0 Å². The van der Waals surface area contributed by atoms with E-state index in [-0.39, 0.29) is 10.8 Å². The zero-order chi connectivity index (χ0) is 20.3. The van der Waals surface area contributed by atoms with Crippen LogP contribution in [0.1, 0.15) is 51.4 Å². The number of aliphatic imine (C=N–C) groups is 1. The fourth-order valence-electron chi connectivity index (χ4n) is 4.89. The smallest absolute Gasteiger partial charge is 0.262 e. The van der Waals surface area contributed by atoms with Crippen LogP contribution in [0, 0.1) is 5.92 Å². The van der Waals surface area contributed by atoms with E-state index < -0.39 is 10.0 Å². The van der Waals surface area contributed by atoms with Crippen molar-refractivity contribution in [3.63, 3.8) is 0 Å². The first kappa shape index (κ1) is 20.3. The lowest BCUT2D eigenvalue weighted by atomic mass is 9.78. The fourth-order valence-corrected chi connectivity index (χ4v) is 6.02. The first-order valence-electron chi connectivity index (χ1n) is 10.7. The van der Waals surface area contributed by atoms with E-state index in [9.17, 15) is 13.2 Å². The molecule has 2 fully saturated rings. The third-order valence-corrected chi connectivity index (χ3v) is 7.64. The van der Waals surface area contributed by atoms with Crippen molar-refractivity contribution in [1.82, 2.24) is 9.62 Å². The number of amides is 1. The third kappa shape index (κ3) is 4.98.